The Morgan fingerprint density at radius 3 is 2.60 bits per heavy atom. The van der Waals surface area contributed by atoms with Crippen LogP contribution in [0.25, 0.3) is 10.9 Å². The molecule has 1 aromatic carbocycles. The smallest absolute Gasteiger partial charge is 0.235 e. The number of likely N-dealkylation sites (N-methyl/N-ethyl adjacent to an activating group) is 1. The van der Waals surface area contributed by atoms with E-state index in [1.54, 1.807) is 0 Å². The molecule has 2 aliphatic heterocycles. The third-order valence-electron chi connectivity index (χ3n) is 5.30. The van der Waals surface area contributed by atoms with Gasteiger partial charge in [-0.15, -0.1) is 0 Å². The molecule has 0 spiro atoms. The summed E-state index contributed by atoms with van der Waals surface area (Å²) in [6.07, 6.45) is 0.894. The number of nitrogens with one attached hydrogen (secondary N) is 1. The van der Waals surface area contributed by atoms with Crippen molar-refractivity contribution in [2.45, 2.75) is 18.8 Å². The maximum atomic E-state index is 12.2. The number of anilines is 1. The summed E-state index contributed by atoms with van der Waals surface area (Å²) in [5.74, 6) is -0.783. The van der Waals surface area contributed by atoms with Crippen LogP contribution in [0.1, 0.15) is 24.5 Å². The maximum absolute atomic E-state index is 12.2. The summed E-state index contributed by atoms with van der Waals surface area (Å²) >= 11 is 0. The number of carbonyl (C=O) groups excluding carboxylic acids is 2. The molecule has 25 heavy (non-hydrogen) atoms. The van der Waals surface area contributed by atoms with E-state index in [1.807, 2.05) is 11.7 Å². The van der Waals surface area contributed by atoms with E-state index in [9.17, 15) is 9.59 Å². The summed E-state index contributed by atoms with van der Waals surface area (Å²) in [6, 6.07) is 6.34. The summed E-state index contributed by atoms with van der Waals surface area (Å²) in [5, 5.41) is 8.03. The first-order valence-corrected chi connectivity index (χ1v) is 8.77. The number of aromatic nitrogens is 2. The highest BCUT2D eigenvalue weighted by Crippen LogP contribution is 2.32. The lowest BCUT2D eigenvalue weighted by molar-refractivity contribution is -0.134. The van der Waals surface area contributed by atoms with Crippen LogP contribution >= 0.6 is 0 Å². The molecule has 0 saturated carbocycles. The molecule has 132 valence electrons. The van der Waals surface area contributed by atoms with Crippen LogP contribution in [0.3, 0.4) is 0 Å². The molecule has 1 unspecified atom stereocenters. The van der Waals surface area contributed by atoms with Crippen molar-refractivity contribution in [1.29, 1.82) is 0 Å². The number of aryl methyl sites for hydroxylation is 1. The molecule has 0 bridgehead atoms. The zero-order valence-electron chi connectivity index (χ0n) is 14.7. The van der Waals surface area contributed by atoms with Crippen LogP contribution in [-0.4, -0.2) is 59.7 Å². The number of piperazine rings is 1. The van der Waals surface area contributed by atoms with Gasteiger partial charge in [0.15, 0.2) is 0 Å². The van der Waals surface area contributed by atoms with Gasteiger partial charge in [0, 0.05) is 50.7 Å². The van der Waals surface area contributed by atoms with Crippen molar-refractivity contribution < 1.29 is 9.59 Å². The minimum Gasteiger partial charge on any atom is -0.369 e. The van der Waals surface area contributed by atoms with E-state index < -0.39 is 0 Å². The van der Waals surface area contributed by atoms with E-state index in [0.29, 0.717) is 12.8 Å². The van der Waals surface area contributed by atoms with Crippen LogP contribution in [-0.2, 0) is 16.6 Å². The van der Waals surface area contributed by atoms with Gasteiger partial charge in [0.05, 0.1) is 17.1 Å². The van der Waals surface area contributed by atoms with Crippen molar-refractivity contribution in [2.75, 3.05) is 38.1 Å². The lowest BCUT2D eigenvalue weighted by Crippen LogP contribution is -2.44. The summed E-state index contributed by atoms with van der Waals surface area (Å²) in [6.45, 7) is 4.15. The molecule has 2 fully saturated rings. The Morgan fingerprint density at radius 1 is 1.12 bits per heavy atom. The van der Waals surface area contributed by atoms with E-state index in [1.165, 1.54) is 5.69 Å². The lowest BCUT2D eigenvalue weighted by Gasteiger charge is -2.34. The third-order valence-corrected chi connectivity index (χ3v) is 5.30. The van der Waals surface area contributed by atoms with E-state index >= 15 is 0 Å². The second-order valence-corrected chi connectivity index (χ2v) is 7.00. The van der Waals surface area contributed by atoms with Gasteiger partial charge in [0.25, 0.3) is 0 Å². The largest absolute Gasteiger partial charge is 0.369 e. The highest BCUT2D eigenvalue weighted by Gasteiger charge is 2.31. The van der Waals surface area contributed by atoms with Crippen molar-refractivity contribution in [3.05, 3.63) is 23.9 Å². The Bertz CT molecular complexity index is 835. The molecule has 1 N–H and O–H groups in total. The fraction of sp³-hybridized carbons (Fsp3) is 0.500. The van der Waals surface area contributed by atoms with Crippen LogP contribution < -0.4 is 10.2 Å². The van der Waals surface area contributed by atoms with Crippen molar-refractivity contribution in [3.63, 3.8) is 0 Å². The molecule has 2 aromatic rings. The predicted octanol–water partition coefficient (Wildman–Crippen LogP) is 0.845. The fourth-order valence-electron chi connectivity index (χ4n) is 3.75. The van der Waals surface area contributed by atoms with E-state index in [0.717, 1.165) is 42.8 Å². The molecule has 1 aromatic heterocycles. The van der Waals surface area contributed by atoms with Gasteiger partial charge in [0.1, 0.15) is 0 Å². The molecule has 2 amide bonds. The van der Waals surface area contributed by atoms with Crippen molar-refractivity contribution in [3.8, 4) is 0 Å². The number of piperidine rings is 1. The standard InChI is InChI=1S/C18H23N5O2/c1-21-7-9-23(10-8-21)12-3-4-13-15(11-12)22(2)20-17(13)14-5-6-16(24)19-18(14)25/h3-4,11,14H,5-10H2,1-2H3,(H,19,24,25). The molecule has 2 aliphatic rings. The highest BCUT2D eigenvalue weighted by molar-refractivity contribution is 6.02. The predicted molar refractivity (Wildman–Crippen MR) is 95.5 cm³/mol. The molecular weight excluding hydrogens is 318 g/mol. The summed E-state index contributed by atoms with van der Waals surface area (Å²) in [4.78, 5) is 28.3. The quantitative estimate of drug-likeness (QED) is 0.820. The zero-order valence-corrected chi connectivity index (χ0v) is 14.7. The monoisotopic (exact) mass is 341 g/mol. The molecule has 0 aliphatic carbocycles. The molecule has 7 nitrogen and oxygen atoms in total. The van der Waals surface area contributed by atoms with Crippen molar-refractivity contribution in [2.24, 2.45) is 7.05 Å². The average molecular weight is 341 g/mol. The van der Waals surface area contributed by atoms with Gasteiger partial charge in [-0.2, -0.15) is 5.10 Å². The Kier molecular flexibility index (Phi) is 3.95. The lowest BCUT2D eigenvalue weighted by atomic mass is 9.93. The van der Waals surface area contributed by atoms with Crippen molar-refractivity contribution in [1.82, 2.24) is 20.0 Å². The summed E-state index contributed by atoms with van der Waals surface area (Å²) < 4.78 is 1.84. The number of imide groups is 1. The number of benzene rings is 1. The van der Waals surface area contributed by atoms with Crippen molar-refractivity contribution >= 4 is 28.4 Å². The van der Waals surface area contributed by atoms with Crippen LogP contribution in [0.5, 0.6) is 0 Å². The first-order chi connectivity index (χ1) is 12.0. The SMILES string of the molecule is CN1CCN(c2ccc3c(C4CCC(=O)NC4=O)nn(C)c3c2)CC1. The Balaban J connectivity index is 1.67. The van der Waals surface area contributed by atoms with E-state index in [-0.39, 0.29) is 17.7 Å². The number of hydrogen-bond donors (Lipinski definition) is 1. The molecule has 3 heterocycles. The molecule has 0 radical (unpaired) electrons. The number of fused-ring (bicyclic) bond motifs is 1. The normalized spacial score (nSPS) is 22.5. The summed E-state index contributed by atoms with van der Waals surface area (Å²) in [5.41, 5.74) is 2.99. The third kappa shape index (κ3) is 2.89. The second-order valence-electron chi connectivity index (χ2n) is 7.00. The number of amides is 2. The van der Waals surface area contributed by atoms with Crippen LogP contribution in [0.15, 0.2) is 18.2 Å². The molecule has 1 atom stereocenters. The topological polar surface area (TPSA) is 70.5 Å². The van der Waals surface area contributed by atoms with E-state index in [2.05, 4.69) is 45.5 Å². The second kappa shape index (κ2) is 6.15. The first kappa shape index (κ1) is 16.1. The summed E-state index contributed by atoms with van der Waals surface area (Å²) in [7, 11) is 4.05. The van der Waals surface area contributed by atoms with Gasteiger partial charge < -0.3 is 9.80 Å². The molecular formula is C18H23N5O2. The average Bonchev–Trinajstić information content (AvgIpc) is 2.92. The number of hydrogen-bond acceptors (Lipinski definition) is 5. The van der Waals surface area contributed by atoms with Crippen LogP contribution in [0.4, 0.5) is 5.69 Å². The Morgan fingerprint density at radius 2 is 1.88 bits per heavy atom. The molecule has 4 rings (SSSR count). The van der Waals surface area contributed by atoms with Gasteiger partial charge in [0.2, 0.25) is 11.8 Å². The Hall–Kier alpha value is -2.41. The van der Waals surface area contributed by atoms with Gasteiger partial charge in [-0.25, -0.2) is 0 Å². The fourth-order valence-corrected chi connectivity index (χ4v) is 3.75. The number of nitrogens with zero attached hydrogens (tertiary/aromatic N) is 4. The minimum atomic E-state index is -0.351. The maximum Gasteiger partial charge on any atom is 0.235 e. The molecule has 2 saturated heterocycles. The molecule has 7 heteroatoms. The number of carbonyl (C=O) groups is 2. The van der Waals surface area contributed by atoms with Crippen LogP contribution in [0, 0.1) is 0 Å². The van der Waals surface area contributed by atoms with Crippen LogP contribution in [0.2, 0.25) is 0 Å². The Labute approximate surface area is 146 Å². The number of rotatable bonds is 2. The van der Waals surface area contributed by atoms with Gasteiger partial charge in [-0.3, -0.25) is 19.6 Å². The van der Waals surface area contributed by atoms with Gasteiger partial charge >= 0.3 is 0 Å². The first-order valence-electron chi connectivity index (χ1n) is 8.77. The zero-order chi connectivity index (χ0) is 17.6. The minimum absolute atomic E-state index is 0.196. The van der Waals surface area contributed by atoms with Gasteiger partial charge in [-0.1, -0.05) is 0 Å². The van der Waals surface area contributed by atoms with E-state index in [4.69, 9.17) is 0 Å². The van der Waals surface area contributed by atoms with Gasteiger partial charge in [-0.05, 0) is 31.7 Å². The highest BCUT2D eigenvalue weighted by atomic mass is 16.2.